The topological polar surface area (TPSA) is 9.23 Å². The van der Waals surface area contributed by atoms with Crippen molar-refractivity contribution < 1.29 is 4.74 Å². The summed E-state index contributed by atoms with van der Waals surface area (Å²) in [6, 6.07) is 0. The molecule has 0 heterocycles. The normalized spacial score (nSPS) is 33.2. The van der Waals surface area contributed by atoms with Crippen molar-refractivity contribution in [2.24, 2.45) is 5.41 Å². The number of ether oxygens (including phenoxy) is 1. The summed E-state index contributed by atoms with van der Waals surface area (Å²) in [5.41, 5.74) is 0.534. The summed E-state index contributed by atoms with van der Waals surface area (Å²) < 4.78 is 6.06. The highest BCUT2D eigenvalue weighted by molar-refractivity contribution is 9.09. The number of unbranched alkanes of at least 4 members (excludes halogenated alkanes) is 2. The van der Waals surface area contributed by atoms with Crippen LogP contribution in [0.4, 0.5) is 0 Å². The second-order valence-corrected chi connectivity index (χ2v) is 6.32. The fraction of sp³-hybridized carbons (Fsp3) is 1.00. The van der Waals surface area contributed by atoms with Crippen molar-refractivity contribution in [3.8, 4) is 0 Å². The van der Waals surface area contributed by atoms with Gasteiger partial charge in [-0.15, -0.1) is 0 Å². The Kier molecular flexibility index (Phi) is 4.11. The molecular weight excluding hydrogens is 252 g/mol. The highest BCUT2D eigenvalue weighted by atomic mass is 79.9. The van der Waals surface area contributed by atoms with Gasteiger partial charge in [0, 0.05) is 16.8 Å². The first-order chi connectivity index (χ1) is 7.29. The minimum absolute atomic E-state index is 0.534. The van der Waals surface area contributed by atoms with Gasteiger partial charge in [0.05, 0.1) is 6.10 Å². The van der Waals surface area contributed by atoms with E-state index in [9.17, 15) is 0 Å². The van der Waals surface area contributed by atoms with Gasteiger partial charge in [-0.1, -0.05) is 48.5 Å². The lowest BCUT2D eigenvalue weighted by atomic mass is 9.64. The minimum atomic E-state index is 0.534. The maximum absolute atomic E-state index is 6.06. The van der Waals surface area contributed by atoms with E-state index < -0.39 is 0 Å². The Labute approximate surface area is 102 Å². The average molecular weight is 275 g/mol. The second kappa shape index (κ2) is 5.18. The van der Waals surface area contributed by atoms with Crippen molar-refractivity contribution in [3.05, 3.63) is 0 Å². The Morgan fingerprint density at radius 3 is 2.60 bits per heavy atom. The summed E-state index contributed by atoms with van der Waals surface area (Å²) in [5, 5.41) is 0. The zero-order valence-electron chi connectivity index (χ0n) is 9.80. The molecule has 0 bridgehead atoms. The summed E-state index contributed by atoms with van der Waals surface area (Å²) >= 11 is 3.83. The molecule has 0 aliphatic heterocycles. The van der Waals surface area contributed by atoms with Crippen LogP contribution in [0.2, 0.25) is 0 Å². The zero-order valence-corrected chi connectivity index (χ0v) is 11.4. The molecule has 0 aromatic carbocycles. The van der Waals surface area contributed by atoms with Crippen LogP contribution in [0.1, 0.15) is 58.3 Å². The molecule has 0 N–H and O–H groups in total. The Hall–Kier alpha value is 0.440. The Morgan fingerprint density at radius 2 is 2.00 bits per heavy atom. The van der Waals surface area contributed by atoms with E-state index in [1.165, 1.54) is 51.4 Å². The molecule has 2 atom stereocenters. The van der Waals surface area contributed by atoms with E-state index in [4.69, 9.17) is 4.74 Å². The van der Waals surface area contributed by atoms with Crippen LogP contribution >= 0.6 is 15.9 Å². The Morgan fingerprint density at radius 1 is 1.27 bits per heavy atom. The second-order valence-electron chi connectivity index (χ2n) is 5.21. The fourth-order valence-corrected chi connectivity index (χ4v) is 4.27. The summed E-state index contributed by atoms with van der Waals surface area (Å²) in [4.78, 5) is 0.740. The van der Waals surface area contributed by atoms with Gasteiger partial charge in [-0.05, 0) is 25.7 Å². The lowest BCUT2D eigenvalue weighted by Gasteiger charge is -2.51. The molecule has 2 saturated carbocycles. The van der Waals surface area contributed by atoms with Crippen molar-refractivity contribution in [3.63, 3.8) is 0 Å². The van der Waals surface area contributed by atoms with Gasteiger partial charge in [0.15, 0.2) is 0 Å². The summed E-state index contributed by atoms with van der Waals surface area (Å²) in [6.07, 6.45) is 11.3. The van der Waals surface area contributed by atoms with Gasteiger partial charge in [0.25, 0.3) is 0 Å². The van der Waals surface area contributed by atoms with Gasteiger partial charge in [-0.25, -0.2) is 0 Å². The highest BCUT2D eigenvalue weighted by Gasteiger charge is 2.55. The lowest BCUT2D eigenvalue weighted by Crippen LogP contribution is -2.53. The third kappa shape index (κ3) is 2.26. The Balaban J connectivity index is 1.74. The van der Waals surface area contributed by atoms with Crippen LogP contribution in [0.5, 0.6) is 0 Å². The van der Waals surface area contributed by atoms with Crippen LogP contribution in [0, 0.1) is 5.41 Å². The van der Waals surface area contributed by atoms with Crippen LogP contribution in [-0.4, -0.2) is 17.5 Å². The fourth-order valence-electron chi connectivity index (χ4n) is 3.18. The molecule has 2 rings (SSSR count). The zero-order chi connectivity index (χ0) is 10.7. The average Bonchev–Trinajstić information content (AvgIpc) is 2.74. The quantitative estimate of drug-likeness (QED) is 0.537. The Bertz CT molecular complexity index is 199. The van der Waals surface area contributed by atoms with Crippen molar-refractivity contribution in [2.45, 2.75) is 69.2 Å². The number of hydrogen-bond donors (Lipinski definition) is 0. The van der Waals surface area contributed by atoms with Gasteiger partial charge in [-0.2, -0.15) is 0 Å². The predicted molar refractivity (Wildman–Crippen MR) is 67.5 cm³/mol. The molecule has 0 saturated heterocycles. The van der Waals surface area contributed by atoms with E-state index in [1.807, 2.05) is 0 Å². The van der Waals surface area contributed by atoms with Crippen LogP contribution in [0.3, 0.4) is 0 Å². The molecule has 0 aromatic heterocycles. The van der Waals surface area contributed by atoms with E-state index in [1.54, 1.807) is 0 Å². The van der Waals surface area contributed by atoms with Gasteiger partial charge in [0.1, 0.15) is 0 Å². The third-order valence-electron chi connectivity index (χ3n) is 4.29. The molecule has 2 unspecified atom stereocenters. The first-order valence-electron chi connectivity index (χ1n) is 6.55. The maximum Gasteiger partial charge on any atom is 0.0652 e. The molecule has 0 aromatic rings. The smallest absolute Gasteiger partial charge is 0.0652 e. The van der Waals surface area contributed by atoms with E-state index in [0.717, 1.165) is 11.4 Å². The van der Waals surface area contributed by atoms with E-state index >= 15 is 0 Å². The number of hydrogen-bond acceptors (Lipinski definition) is 1. The van der Waals surface area contributed by atoms with Gasteiger partial charge < -0.3 is 4.74 Å². The molecule has 2 heteroatoms. The molecule has 1 nitrogen and oxygen atoms in total. The molecule has 0 radical (unpaired) electrons. The standard InChI is InChI=1S/C13H23BrO/c1-2-3-6-9-15-12-10-11(14)13(12)7-4-5-8-13/h11-12H,2-10H2,1H3. The van der Waals surface area contributed by atoms with Crippen molar-refractivity contribution in [2.75, 3.05) is 6.61 Å². The van der Waals surface area contributed by atoms with Crippen molar-refractivity contribution >= 4 is 15.9 Å². The van der Waals surface area contributed by atoms with E-state index in [-0.39, 0.29) is 0 Å². The summed E-state index contributed by atoms with van der Waals surface area (Å²) in [6.45, 7) is 3.23. The molecule has 2 aliphatic carbocycles. The predicted octanol–water partition coefficient (Wildman–Crippen LogP) is 4.29. The first-order valence-corrected chi connectivity index (χ1v) is 7.47. The minimum Gasteiger partial charge on any atom is -0.378 e. The molecule has 2 fully saturated rings. The van der Waals surface area contributed by atoms with Crippen LogP contribution in [0.15, 0.2) is 0 Å². The van der Waals surface area contributed by atoms with Crippen LogP contribution in [-0.2, 0) is 4.74 Å². The largest absolute Gasteiger partial charge is 0.378 e. The maximum atomic E-state index is 6.06. The number of alkyl halides is 1. The van der Waals surface area contributed by atoms with E-state index in [0.29, 0.717) is 11.5 Å². The molecule has 15 heavy (non-hydrogen) atoms. The van der Waals surface area contributed by atoms with Gasteiger partial charge in [0.2, 0.25) is 0 Å². The molecule has 88 valence electrons. The highest BCUT2D eigenvalue weighted by Crippen LogP contribution is 2.57. The van der Waals surface area contributed by atoms with Crippen LogP contribution in [0.25, 0.3) is 0 Å². The summed E-state index contributed by atoms with van der Waals surface area (Å²) in [5.74, 6) is 0. The SMILES string of the molecule is CCCCCOC1CC(Br)C12CCCC2. The van der Waals surface area contributed by atoms with Gasteiger partial charge in [-0.3, -0.25) is 0 Å². The lowest BCUT2D eigenvalue weighted by molar-refractivity contribution is -0.101. The first kappa shape index (κ1) is 11.9. The number of halogens is 1. The molecule has 2 aliphatic rings. The van der Waals surface area contributed by atoms with Crippen LogP contribution < -0.4 is 0 Å². The monoisotopic (exact) mass is 274 g/mol. The summed E-state index contributed by atoms with van der Waals surface area (Å²) in [7, 11) is 0. The molecular formula is C13H23BrO. The van der Waals surface area contributed by atoms with Gasteiger partial charge >= 0.3 is 0 Å². The van der Waals surface area contributed by atoms with E-state index in [2.05, 4.69) is 22.9 Å². The molecule has 1 spiro atoms. The number of rotatable bonds is 5. The van der Waals surface area contributed by atoms with Crippen molar-refractivity contribution in [1.82, 2.24) is 0 Å². The third-order valence-corrected chi connectivity index (χ3v) is 5.57. The molecule has 0 amide bonds. The van der Waals surface area contributed by atoms with Crippen molar-refractivity contribution in [1.29, 1.82) is 0 Å².